The maximum atomic E-state index is 12.6. The molecule has 1 aliphatic rings. The second-order valence-electron chi connectivity index (χ2n) is 5.51. The molecule has 0 spiro atoms. The average Bonchev–Trinajstić information content (AvgIpc) is 2.82. The quantitative estimate of drug-likeness (QED) is 0.838. The van der Waals surface area contributed by atoms with Gasteiger partial charge in [0.15, 0.2) is 0 Å². The molecule has 0 aliphatic carbocycles. The molecule has 2 atom stereocenters. The van der Waals surface area contributed by atoms with E-state index in [-0.39, 0.29) is 24.2 Å². The van der Waals surface area contributed by atoms with Crippen molar-refractivity contribution in [3.63, 3.8) is 0 Å². The average molecular weight is 290 g/mol. The van der Waals surface area contributed by atoms with Gasteiger partial charge >= 0.3 is 5.97 Å². The van der Waals surface area contributed by atoms with Crippen LogP contribution in [0.3, 0.4) is 0 Å². The highest BCUT2D eigenvalue weighted by Gasteiger charge is 2.34. The Morgan fingerprint density at radius 1 is 1.43 bits per heavy atom. The lowest BCUT2D eigenvalue weighted by Crippen LogP contribution is -2.38. The van der Waals surface area contributed by atoms with Gasteiger partial charge in [0, 0.05) is 30.6 Å². The van der Waals surface area contributed by atoms with E-state index in [9.17, 15) is 9.59 Å². The number of hydrogen-bond acceptors (Lipinski definition) is 3. The highest BCUT2D eigenvalue weighted by Crippen LogP contribution is 2.38. The van der Waals surface area contributed by atoms with Crippen molar-refractivity contribution in [3.8, 4) is 0 Å². The predicted octanol–water partition coefficient (Wildman–Crippen LogP) is 1.84. The third kappa shape index (κ3) is 3.42. The van der Waals surface area contributed by atoms with Gasteiger partial charge in [-0.25, -0.2) is 0 Å². The first-order valence-electron chi connectivity index (χ1n) is 7.37. The maximum absolute atomic E-state index is 12.6. The van der Waals surface area contributed by atoms with E-state index in [0.29, 0.717) is 13.1 Å². The molecule has 21 heavy (non-hydrogen) atoms. The summed E-state index contributed by atoms with van der Waals surface area (Å²) in [6.07, 6.45) is 0.0579. The molecule has 5 heteroatoms. The van der Waals surface area contributed by atoms with Crippen LogP contribution in [-0.2, 0) is 9.59 Å². The van der Waals surface area contributed by atoms with Crippen LogP contribution in [0.1, 0.15) is 31.7 Å². The van der Waals surface area contributed by atoms with Crippen molar-refractivity contribution in [2.75, 3.05) is 24.5 Å². The molecule has 0 fully saturated rings. The number of anilines is 1. The SMILES string of the molecule is CCNCC(C)C(=O)N1CC(CC(=O)O)c2ccccc21. The summed E-state index contributed by atoms with van der Waals surface area (Å²) in [5, 5.41) is 12.2. The first-order valence-corrected chi connectivity index (χ1v) is 7.37. The maximum Gasteiger partial charge on any atom is 0.304 e. The number of aliphatic carboxylic acids is 1. The fourth-order valence-electron chi connectivity index (χ4n) is 2.80. The monoisotopic (exact) mass is 290 g/mol. The topological polar surface area (TPSA) is 69.6 Å². The molecule has 1 aliphatic heterocycles. The van der Waals surface area contributed by atoms with Gasteiger partial charge in [0.2, 0.25) is 5.91 Å². The van der Waals surface area contributed by atoms with Crippen LogP contribution in [0.25, 0.3) is 0 Å². The minimum Gasteiger partial charge on any atom is -0.481 e. The summed E-state index contributed by atoms with van der Waals surface area (Å²) in [5.41, 5.74) is 1.82. The highest BCUT2D eigenvalue weighted by atomic mass is 16.4. The number of carbonyl (C=O) groups is 2. The van der Waals surface area contributed by atoms with Crippen molar-refractivity contribution >= 4 is 17.6 Å². The Labute approximate surface area is 125 Å². The smallest absolute Gasteiger partial charge is 0.304 e. The molecule has 0 bridgehead atoms. The van der Waals surface area contributed by atoms with E-state index in [1.807, 2.05) is 38.1 Å². The van der Waals surface area contributed by atoms with Crippen molar-refractivity contribution in [1.29, 1.82) is 0 Å². The summed E-state index contributed by atoms with van der Waals surface area (Å²) in [6.45, 7) is 5.83. The number of carbonyl (C=O) groups excluding carboxylic acids is 1. The Hall–Kier alpha value is -1.88. The van der Waals surface area contributed by atoms with Gasteiger partial charge in [0.1, 0.15) is 0 Å². The minimum absolute atomic E-state index is 0.0521. The standard InChI is InChI=1S/C16H22N2O3/c1-3-17-9-11(2)16(21)18-10-12(8-15(19)20)13-6-4-5-7-14(13)18/h4-7,11-12,17H,3,8-10H2,1-2H3,(H,19,20). The fraction of sp³-hybridized carbons (Fsp3) is 0.500. The van der Waals surface area contributed by atoms with Crippen LogP contribution in [0.2, 0.25) is 0 Å². The van der Waals surface area contributed by atoms with Gasteiger partial charge in [0.05, 0.1) is 6.42 Å². The Morgan fingerprint density at radius 2 is 2.14 bits per heavy atom. The highest BCUT2D eigenvalue weighted by molar-refractivity contribution is 5.97. The number of rotatable bonds is 6. The number of hydrogen-bond donors (Lipinski definition) is 2. The molecule has 1 amide bonds. The summed E-state index contributed by atoms with van der Waals surface area (Å²) in [6, 6.07) is 7.60. The second kappa shape index (κ2) is 6.72. The molecule has 5 nitrogen and oxygen atoms in total. The lowest BCUT2D eigenvalue weighted by Gasteiger charge is -2.22. The predicted molar refractivity (Wildman–Crippen MR) is 81.5 cm³/mol. The number of amides is 1. The first kappa shape index (κ1) is 15.5. The number of para-hydroxylation sites is 1. The Morgan fingerprint density at radius 3 is 2.81 bits per heavy atom. The Kier molecular flexibility index (Phi) is 4.96. The first-order chi connectivity index (χ1) is 10.0. The fourth-order valence-corrected chi connectivity index (χ4v) is 2.80. The van der Waals surface area contributed by atoms with E-state index < -0.39 is 5.97 Å². The van der Waals surface area contributed by atoms with Crippen LogP contribution in [0.5, 0.6) is 0 Å². The zero-order valence-electron chi connectivity index (χ0n) is 12.5. The number of benzene rings is 1. The summed E-state index contributed by atoms with van der Waals surface area (Å²) in [4.78, 5) is 25.3. The van der Waals surface area contributed by atoms with Crippen molar-refractivity contribution < 1.29 is 14.7 Å². The zero-order valence-corrected chi connectivity index (χ0v) is 12.5. The summed E-state index contributed by atoms with van der Waals surface area (Å²) >= 11 is 0. The van der Waals surface area contributed by atoms with Crippen molar-refractivity contribution in [2.24, 2.45) is 5.92 Å². The molecule has 2 rings (SSSR count). The van der Waals surface area contributed by atoms with E-state index in [0.717, 1.165) is 17.8 Å². The molecule has 0 saturated carbocycles. The van der Waals surface area contributed by atoms with Gasteiger partial charge in [-0.2, -0.15) is 0 Å². The molecular weight excluding hydrogens is 268 g/mol. The molecule has 2 N–H and O–H groups in total. The number of nitrogens with one attached hydrogen (secondary N) is 1. The van der Waals surface area contributed by atoms with Crippen molar-refractivity contribution in [2.45, 2.75) is 26.2 Å². The van der Waals surface area contributed by atoms with Gasteiger partial charge in [-0.1, -0.05) is 32.0 Å². The number of nitrogens with zero attached hydrogens (tertiary/aromatic N) is 1. The normalized spacial score (nSPS) is 18.4. The molecule has 1 heterocycles. The van der Waals surface area contributed by atoms with E-state index >= 15 is 0 Å². The van der Waals surface area contributed by atoms with Crippen LogP contribution in [-0.4, -0.2) is 36.6 Å². The molecule has 0 radical (unpaired) electrons. The van der Waals surface area contributed by atoms with Gasteiger partial charge < -0.3 is 15.3 Å². The van der Waals surface area contributed by atoms with E-state index in [4.69, 9.17) is 5.11 Å². The lowest BCUT2D eigenvalue weighted by atomic mass is 9.98. The van der Waals surface area contributed by atoms with Gasteiger partial charge in [-0.05, 0) is 18.2 Å². The van der Waals surface area contributed by atoms with E-state index in [1.54, 1.807) is 4.90 Å². The number of fused-ring (bicyclic) bond motifs is 1. The summed E-state index contributed by atoms with van der Waals surface area (Å²) < 4.78 is 0. The van der Waals surface area contributed by atoms with Gasteiger partial charge in [-0.15, -0.1) is 0 Å². The number of carboxylic acid groups (broad SMARTS) is 1. The molecule has 0 aromatic heterocycles. The molecule has 114 valence electrons. The van der Waals surface area contributed by atoms with Crippen LogP contribution in [0, 0.1) is 5.92 Å². The third-order valence-corrected chi connectivity index (χ3v) is 3.88. The van der Waals surface area contributed by atoms with E-state index in [1.165, 1.54) is 0 Å². The molecular formula is C16H22N2O3. The minimum atomic E-state index is -0.829. The molecule has 1 aromatic rings. The summed E-state index contributed by atoms with van der Waals surface area (Å²) in [7, 11) is 0. The largest absolute Gasteiger partial charge is 0.481 e. The molecule has 2 unspecified atom stereocenters. The van der Waals surface area contributed by atoms with Crippen molar-refractivity contribution in [3.05, 3.63) is 29.8 Å². The molecule has 1 aromatic carbocycles. The lowest BCUT2D eigenvalue weighted by molar-refractivity contribution is -0.137. The molecule has 0 saturated heterocycles. The summed E-state index contributed by atoms with van der Waals surface area (Å²) in [5.74, 6) is -1.02. The zero-order chi connectivity index (χ0) is 15.4. The van der Waals surface area contributed by atoms with Gasteiger partial charge in [0.25, 0.3) is 0 Å². The second-order valence-corrected chi connectivity index (χ2v) is 5.51. The van der Waals surface area contributed by atoms with Crippen LogP contribution >= 0.6 is 0 Å². The van der Waals surface area contributed by atoms with Gasteiger partial charge in [-0.3, -0.25) is 9.59 Å². The van der Waals surface area contributed by atoms with Crippen molar-refractivity contribution in [1.82, 2.24) is 5.32 Å². The van der Waals surface area contributed by atoms with Crippen LogP contribution in [0.15, 0.2) is 24.3 Å². The van der Waals surface area contributed by atoms with Crippen LogP contribution < -0.4 is 10.2 Å². The van der Waals surface area contributed by atoms with E-state index in [2.05, 4.69) is 5.32 Å². The number of carboxylic acids is 1. The Bertz CT molecular complexity index is 530. The third-order valence-electron chi connectivity index (χ3n) is 3.88. The Balaban J connectivity index is 2.18. The van der Waals surface area contributed by atoms with Crippen LogP contribution in [0.4, 0.5) is 5.69 Å².